The summed E-state index contributed by atoms with van der Waals surface area (Å²) in [4.78, 5) is 15.8. The van der Waals surface area contributed by atoms with E-state index in [4.69, 9.17) is 22.3 Å². The largest absolute Gasteiger partial charge is 0.366 e. The molecule has 0 saturated carbocycles. The second kappa shape index (κ2) is 7.28. The van der Waals surface area contributed by atoms with E-state index in [1.165, 1.54) is 0 Å². The molecule has 4 nitrogen and oxygen atoms in total. The molecule has 0 unspecified atom stereocenters. The Kier molecular flexibility index (Phi) is 5.11. The van der Waals surface area contributed by atoms with Gasteiger partial charge in [0.05, 0.1) is 11.0 Å². The van der Waals surface area contributed by atoms with Crippen LogP contribution in [0.2, 0.25) is 5.02 Å². The van der Waals surface area contributed by atoms with Gasteiger partial charge in [-0.25, -0.2) is 4.98 Å². The van der Waals surface area contributed by atoms with Crippen molar-refractivity contribution in [3.05, 3.63) is 58.6 Å². The standard InChI is InChI=1S/C18H18ClN3OS/c1-2-9-22-16-8-7-14(19)10-15(16)21-18(22)24-11-12-3-5-13(6-4-12)17(20)23/h3-8,10H,2,9,11H2,1H3,(H2,20,23). The molecule has 3 rings (SSSR count). The van der Waals surface area contributed by atoms with Crippen LogP contribution in [0, 0.1) is 0 Å². The Labute approximate surface area is 150 Å². The van der Waals surface area contributed by atoms with Gasteiger partial charge in [0.1, 0.15) is 0 Å². The van der Waals surface area contributed by atoms with Gasteiger partial charge in [-0.1, -0.05) is 42.4 Å². The average Bonchev–Trinajstić information content (AvgIpc) is 2.90. The van der Waals surface area contributed by atoms with Crippen LogP contribution in [-0.4, -0.2) is 15.5 Å². The van der Waals surface area contributed by atoms with Gasteiger partial charge >= 0.3 is 0 Å². The fraction of sp³-hybridized carbons (Fsp3) is 0.222. The second-order valence-corrected chi connectivity index (χ2v) is 6.91. The number of aromatic nitrogens is 2. The highest BCUT2D eigenvalue weighted by atomic mass is 35.5. The number of primary amides is 1. The number of thioether (sulfide) groups is 1. The summed E-state index contributed by atoms with van der Waals surface area (Å²) in [5.41, 5.74) is 8.94. The summed E-state index contributed by atoms with van der Waals surface area (Å²) in [7, 11) is 0. The predicted molar refractivity (Wildman–Crippen MR) is 99.6 cm³/mol. The van der Waals surface area contributed by atoms with Crippen LogP contribution in [0.5, 0.6) is 0 Å². The lowest BCUT2D eigenvalue weighted by atomic mass is 10.1. The molecule has 0 radical (unpaired) electrons. The minimum absolute atomic E-state index is 0.407. The van der Waals surface area contributed by atoms with Crippen LogP contribution in [0.4, 0.5) is 0 Å². The lowest BCUT2D eigenvalue weighted by Gasteiger charge is -2.07. The Balaban J connectivity index is 1.83. The number of hydrogen-bond donors (Lipinski definition) is 1. The van der Waals surface area contributed by atoms with Gasteiger partial charge in [0.2, 0.25) is 5.91 Å². The van der Waals surface area contributed by atoms with Crippen molar-refractivity contribution in [3.63, 3.8) is 0 Å². The third-order valence-corrected chi connectivity index (χ3v) is 5.01. The van der Waals surface area contributed by atoms with E-state index >= 15 is 0 Å². The molecule has 124 valence electrons. The highest BCUT2D eigenvalue weighted by Crippen LogP contribution is 2.28. The Bertz CT molecular complexity index is 874. The molecule has 1 aromatic heterocycles. The lowest BCUT2D eigenvalue weighted by Crippen LogP contribution is -2.10. The lowest BCUT2D eigenvalue weighted by molar-refractivity contribution is 0.100. The molecule has 0 spiro atoms. The van der Waals surface area contributed by atoms with Crippen molar-refractivity contribution in [2.45, 2.75) is 30.8 Å². The van der Waals surface area contributed by atoms with E-state index < -0.39 is 5.91 Å². The van der Waals surface area contributed by atoms with Crippen LogP contribution < -0.4 is 5.73 Å². The predicted octanol–water partition coefficient (Wildman–Crippen LogP) is 4.49. The quantitative estimate of drug-likeness (QED) is 0.659. The third-order valence-electron chi connectivity index (χ3n) is 3.73. The molecule has 3 aromatic rings. The number of carbonyl (C=O) groups is 1. The average molecular weight is 360 g/mol. The molecule has 0 atom stereocenters. The SMILES string of the molecule is CCCn1c(SCc2ccc(C(N)=O)cc2)nc2cc(Cl)ccc21. The van der Waals surface area contributed by atoms with Gasteiger partial charge in [0.15, 0.2) is 5.16 Å². The van der Waals surface area contributed by atoms with Crippen LogP contribution in [0.15, 0.2) is 47.6 Å². The van der Waals surface area contributed by atoms with Gasteiger partial charge in [-0.3, -0.25) is 4.79 Å². The molecule has 6 heteroatoms. The number of carbonyl (C=O) groups excluding carboxylic acids is 1. The van der Waals surface area contributed by atoms with Crippen LogP contribution in [0.25, 0.3) is 11.0 Å². The van der Waals surface area contributed by atoms with E-state index in [-0.39, 0.29) is 0 Å². The Morgan fingerprint density at radius 2 is 2.00 bits per heavy atom. The molecule has 0 aliphatic heterocycles. The van der Waals surface area contributed by atoms with E-state index in [2.05, 4.69) is 11.5 Å². The Morgan fingerprint density at radius 1 is 1.25 bits per heavy atom. The van der Waals surface area contributed by atoms with Crippen molar-refractivity contribution in [1.82, 2.24) is 9.55 Å². The Morgan fingerprint density at radius 3 is 2.67 bits per heavy atom. The first-order valence-corrected chi connectivity index (χ1v) is 9.12. The first kappa shape index (κ1) is 16.9. The van der Waals surface area contributed by atoms with Crippen molar-refractivity contribution in [2.75, 3.05) is 0 Å². The summed E-state index contributed by atoms with van der Waals surface area (Å²) in [6.45, 7) is 3.07. The third kappa shape index (κ3) is 3.57. The van der Waals surface area contributed by atoms with E-state index in [0.717, 1.165) is 40.5 Å². The summed E-state index contributed by atoms with van der Waals surface area (Å²) in [6, 6.07) is 13.2. The summed E-state index contributed by atoms with van der Waals surface area (Å²) >= 11 is 7.76. The summed E-state index contributed by atoms with van der Waals surface area (Å²) in [5.74, 6) is 0.371. The highest BCUT2D eigenvalue weighted by molar-refractivity contribution is 7.98. The smallest absolute Gasteiger partial charge is 0.248 e. The van der Waals surface area contributed by atoms with Crippen LogP contribution >= 0.6 is 23.4 Å². The molecule has 0 aliphatic rings. The maximum absolute atomic E-state index is 11.1. The van der Waals surface area contributed by atoms with Gasteiger partial charge in [-0.15, -0.1) is 0 Å². The zero-order chi connectivity index (χ0) is 17.1. The van der Waals surface area contributed by atoms with Crippen LogP contribution in [-0.2, 0) is 12.3 Å². The van der Waals surface area contributed by atoms with Gasteiger partial charge in [0.25, 0.3) is 0 Å². The van der Waals surface area contributed by atoms with Crippen LogP contribution in [0.3, 0.4) is 0 Å². The van der Waals surface area contributed by atoms with Crippen molar-refractivity contribution in [2.24, 2.45) is 5.73 Å². The molecule has 0 fully saturated rings. The van der Waals surface area contributed by atoms with Crippen molar-refractivity contribution < 1.29 is 4.79 Å². The minimum atomic E-state index is -0.407. The minimum Gasteiger partial charge on any atom is -0.366 e. The number of rotatable bonds is 6. The van der Waals surface area contributed by atoms with Crippen molar-refractivity contribution in [1.29, 1.82) is 0 Å². The number of imidazole rings is 1. The van der Waals surface area contributed by atoms with Gasteiger partial charge in [-0.05, 0) is 42.3 Å². The first-order chi connectivity index (χ1) is 11.6. The molecule has 0 bridgehead atoms. The van der Waals surface area contributed by atoms with Gasteiger partial charge in [0, 0.05) is 22.9 Å². The molecule has 0 saturated heterocycles. The number of fused-ring (bicyclic) bond motifs is 1. The highest BCUT2D eigenvalue weighted by Gasteiger charge is 2.11. The molecular weight excluding hydrogens is 342 g/mol. The normalized spacial score (nSPS) is 11.1. The zero-order valence-corrected chi connectivity index (χ0v) is 14.9. The molecule has 2 N–H and O–H groups in total. The summed E-state index contributed by atoms with van der Waals surface area (Å²) in [5, 5.41) is 1.68. The molecule has 1 heterocycles. The summed E-state index contributed by atoms with van der Waals surface area (Å²) in [6.07, 6.45) is 1.04. The number of nitrogens with zero attached hydrogens (tertiary/aromatic N) is 2. The number of aryl methyl sites for hydroxylation is 1. The van der Waals surface area contributed by atoms with Gasteiger partial charge < -0.3 is 10.3 Å². The van der Waals surface area contributed by atoms with E-state index in [0.29, 0.717) is 10.6 Å². The number of halogens is 1. The fourth-order valence-electron chi connectivity index (χ4n) is 2.54. The number of hydrogen-bond acceptors (Lipinski definition) is 3. The maximum Gasteiger partial charge on any atom is 0.248 e. The van der Waals surface area contributed by atoms with Crippen molar-refractivity contribution >= 4 is 40.3 Å². The zero-order valence-electron chi connectivity index (χ0n) is 13.3. The van der Waals surface area contributed by atoms with Gasteiger partial charge in [-0.2, -0.15) is 0 Å². The maximum atomic E-state index is 11.1. The van der Waals surface area contributed by atoms with Crippen LogP contribution in [0.1, 0.15) is 29.3 Å². The van der Waals surface area contributed by atoms with E-state index in [1.807, 2.05) is 30.3 Å². The number of benzene rings is 2. The monoisotopic (exact) mass is 359 g/mol. The molecule has 2 aromatic carbocycles. The van der Waals surface area contributed by atoms with E-state index in [1.54, 1.807) is 23.9 Å². The first-order valence-electron chi connectivity index (χ1n) is 7.76. The topological polar surface area (TPSA) is 60.9 Å². The summed E-state index contributed by atoms with van der Waals surface area (Å²) < 4.78 is 2.23. The number of nitrogens with two attached hydrogens (primary N) is 1. The Hall–Kier alpha value is -1.98. The molecule has 0 aliphatic carbocycles. The molecule has 1 amide bonds. The fourth-order valence-corrected chi connectivity index (χ4v) is 3.71. The van der Waals surface area contributed by atoms with E-state index in [9.17, 15) is 4.79 Å². The molecule has 24 heavy (non-hydrogen) atoms. The van der Waals surface area contributed by atoms with Crippen molar-refractivity contribution in [3.8, 4) is 0 Å². The number of amides is 1. The second-order valence-electron chi connectivity index (χ2n) is 5.53. The molecular formula is C18H18ClN3OS.